The minimum atomic E-state index is 0.471. The number of aliphatic hydroxyl groups is 1. The fraction of sp³-hybridized carbons (Fsp3) is 0.833. The summed E-state index contributed by atoms with van der Waals surface area (Å²) in [4.78, 5) is 0. The van der Waals surface area contributed by atoms with Crippen molar-refractivity contribution in [2.45, 2.75) is 52.4 Å². The summed E-state index contributed by atoms with van der Waals surface area (Å²) in [5.74, 6) is 1.89. The second-order valence-electron chi connectivity index (χ2n) is 4.15. The summed E-state index contributed by atoms with van der Waals surface area (Å²) in [6.07, 6.45) is 9.25. The first-order valence-electron chi connectivity index (χ1n) is 5.68. The molecule has 0 aromatic rings. The third-order valence-corrected chi connectivity index (χ3v) is 3.10. The quantitative estimate of drug-likeness (QED) is 0.695. The molecule has 0 radical (unpaired) electrons. The molecule has 0 saturated carbocycles. The summed E-state index contributed by atoms with van der Waals surface area (Å²) in [6, 6.07) is 0. The van der Waals surface area contributed by atoms with Gasteiger partial charge in [0.05, 0.1) is 5.76 Å². The number of aliphatic hydroxyl groups excluding tert-OH is 1. The van der Waals surface area contributed by atoms with Crippen LogP contribution in [0.25, 0.3) is 0 Å². The smallest absolute Gasteiger partial charge is 0.0916 e. The van der Waals surface area contributed by atoms with Crippen molar-refractivity contribution in [3.05, 3.63) is 11.8 Å². The summed E-state index contributed by atoms with van der Waals surface area (Å²) < 4.78 is 0. The average molecular weight is 182 g/mol. The van der Waals surface area contributed by atoms with Crippen molar-refractivity contribution in [1.82, 2.24) is 0 Å². The number of allylic oxidation sites excluding steroid dienone is 2. The maximum absolute atomic E-state index is 9.76. The minimum Gasteiger partial charge on any atom is -0.512 e. The van der Waals surface area contributed by atoms with Gasteiger partial charge in [-0.3, -0.25) is 0 Å². The van der Waals surface area contributed by atoms with Gasteiger partial charge in [-0.15, -0.1) is 0 Å². The van der Waals surface area contributed by atoms with Gasteiger partial charge in [-0.25, -0.2) is 0 Å². The average Bonchev–Trinajstić information content (AvgIpc) is 2.11. The molecule has 0 aliphatic heterocycles. The van der Waals surface area contributed by atoms with Gasteiger partial charge in [-0.05, 0) is 37.7 Å². The van der Waals surface area contributed by atoms with Gasteiger partial charge in [-0.2, -0.15) is 0 Å². The minimum absolute atomic E-state index is 0.471. The molecule has 0 fully saturated rings. The highest BCUT2D eigenvalue weighted by Crippen LogP contribution is 2.35. The maximum Gasteiger partial charge on any atom is 0.0916 e. The molecule has 0 amide bonds. The Balaban J connectivity index is 2.56. The molecule has 1 N–H and O–H groups in total. The van der Waals surface area contributed by atoms with E-state index in [1.165, 1.54) is 25.7 Å². The molecular weight excluding hydrogens is 160 g/mol. The van der Waals surface area contributed by atoms with E-state index < -0.39 is 0 Å². The van der Waals surface area contributed by atoms with E-state index in [0.717, 1.165) is 18.8 Å². The zero-order valence-electron chi connectivity index (χ0n) is 8.92. The summed E-state index contributed by atoms with van der Waals surface area (Å²) >= 11 is 0. The zero-order chi connectivity index (χ0) is 9.68. The second-order valence-corrected chi connectivity index (χ2v) is 4.15. The van der Waals surface area contributed by atoms with Gasteiger partial charge in [0.1, 0.15) is 0 Å². The standard InChI is InChI=1S/C12H22O/c1-3-6-10-8-5-9-12(13)11(10)7-4-2/h9-11,13H,3-8H2,1-2H3. The Morgan fingerprint density at radius 2 is 2.00 bits per heavy atom. The summed E-state index contributed by atoms with van der Waals surface area (Å²) in [7, 11) is 0. The Labute approximate surface area is 81.9 Å². The van der Waals surface area contributed by atoms with Crippen LogP contribution in [0.4, 0.5) is 0 Å². The molecule has 1 rings (SSSR count). The predicted molar refractivity (Wildman–Crippen MR) is 56.7 cm³/mol. The number of hydrogen-bond donors (Lipinski definition) is 1. The highest BCUT2D eigenvalue weighted by atomic mass is 16.3. The predicted octanol–water partition coefficient (Wildman–Crippen LogP) is 4.05. The SMILES string of the molecule is CCCC1CCC=C(O)C1CCC. The Morgan fingerprint density at radius 1 is 1.31 bits per heavy atom. The summed E-state index contributed by atoms with van der Waals surface area (Å²) in [5.41, 5.74) is 0. The van der Waals surface area contributed by atoms with Crippen molar-refractivity contribution in [2.24, 2.45) is 11.8 Å². The number of hydrogen-bond acceptors (Lipinski definition) is 1. The van der Waals surface area contributed by atoms with Crippen molar-refractivity contribution < 1.29 is 5.11 Å². The second kappa shape index (κ2) is 5.31. The lowest BCUT2D eigenvalue weighted by Crippen LogP contribution is -2.20. The topological polar surface area (TPSA) is 20.2 Å². The fourth-order valence-electron chi connectivity index (χ4n) is 2.45. The van der Waals surface area contributed by atoms with Gasteiger partial charge in [0.2, 0.25) is 0 Å². The summed E-state index contributed by atoms with van der Waals surface area (Å²) in [6.45, 7) is 4.43. The lowest BCUT2D eigenvalue weighted by atomic mass is 9.78. The van der Waals surface area contributed by atoms with Crippen molar-refractivity contribution in [1.29, 1.82) is 0 Å². The van der Waals surface area contributed by atoms with E-state index in [9.17, 15) is 5.11 Å². The van der Waals surface area contributed by atoms with E-state index in [1.807, 2.05) is 6.08 Å². The third kappa shape index (κ3) is 2.75. The number of rotatable bonds is 4. The van der Waals surface area contributed by atoms with Crippen molar-refractivity contribution >= 4 is 0 Å². The first kappa shape index (κ1) is 10.6. The van der Waals surface area contributed by atoms with Crippen molar-refractivity contribution in [3.63, 3.8) is 0 Å². The molecule has 1 nitrogen and oxygen atoms in total. The zero-order valence-corrected chi connectivity index (χ0v) is 8.92. The molecule has 76 valence electrons. The van der Waals surface area contributed by atoms with Gasteiger partial charge in [0.25, 0.3) is 0 Å². The van der Waals surface area contributed by atoms with Gasteiger partial charge in [0, 0.05) is 5.92 Å². The lowest BCUT2D eigenvalue weighted by molar-refractivity contribution is 0.210. The van der Waals surface area contributed by atoms with Crippen molar-refractivity contribution in [2.75, 3.05) is 0 Å². The molecule has 0 spiro atoms. The molecule has 2 atom stereocenters. The largest absolute Gasteiger partial charge is 0.512 e. The maximum atomic E-state index is 9.76. The molecule has 0 bridgehead atoms. The molecule has 2 unspecified atom stereocenters. The molecule has 1 aliphatic carbocycles. The van der Waals surface area contributed by atoms with Crippen LogP contribution < -0.4 is 0 Å². The Bertz CT molecular complexity index is 172. The van der Waals surface area contributed by atoms with Crippen LogP contribution in [-0.4, -0.2) is 5.11 Å². The van der Waals surface area contributed by atoms with Crippen LogP contribution in [0, 0.1) is 11.8 Å². The molecule has 0 aromatic heterocycles. The molecule has 0 heterocycles. The summed E-state index contributed by atoms with van der Waals surface area (Å²) in [5, 5.41) is 9.76. The van der Waals surface area contributed by atoms with E-state index in [0.29, 0.717) is 11.7 Å². The van der Waals surface area contributed by atoms with E-state index in [2.05, 4.69) is 13.8 Å². The van der Waals surface area contributed by atoms with E-state index in [4.69, 9.17) is 0 Å². The molecule has 0 aromatic carbocycles. The van der Waals surface area contributed by atoms with Gasteiger partial charge in [0.15, 0.2) is 0 Å². The van der Waals surface area contributed by atoms with Gasteiger partial charge < -0.3 is 5.11 Å². The molecular formula is C12H22O. The van der Waals surface area contributed by atoms with E-state index >= 15 is 0 Å². The Kier molecular flexibility index (Phi) is 4.34. The first-order chi connectivity index (χ1) is 6.29. The Hall–Kier alpha value is -0.460. The first-order valence-corrected chi connectivity index (χ1v) is 5.68. The normalized spacial score (nSPS) is 28.6. The highest BCUT2D eigenvalue weighted by molar-refractivity contribution is 5.03. The Morgan fingerprint density at radius 3 is 2.62 bits per heavy atom. The van der Waals surface area contributed by atoms with Crippen LogP contribution in [-0.2, 0) is 0 Å². The molecule has 13 heavy (non-hydrogen) atoms. The van der Waals surface area contributed by atoms with Crippen LogP contribution in [0.15, 0.2) is 11.8 Å². The van der Waals surface area contributed by atoms with Crippen LogP contribution >= 0.6 is 0 Å². The van der Waals surface area contributed by atoms with Crippen LogP contribution in [0.3, 0.4) is 0 Å². The van der Waals surface area contributed by atoms with Crippen molar-refractivity contribution in [3.8, 4) is 0 Å². The van der Waals surface area contributed by atoms with Gasteiger partial charge in [-0.1, -0.05) is 26.7 Å². The van der Waals surface area contributed by atoms with E-state index in [1.54, 1.807) is 0 Å². The van der Waals surface area contributed by atoms with Crippen LogP contribution in [0.5, 0.6) is 0 Å². The monoisotopic (exact) mass is 182 g/mol. The molecule has 1 heteroatoms. The third-order valence-electron chi connectivity index (χ3n) is 3.10. The van der Waals surface area contributed by atoms with Gasteiger partial charge >= 0.3 is 0 Å². The molecule has 0 saturated heterocycles. The van der Waals surface area contributed by atoms with E-state index in [-0.39, 0.29) is 0 Å². The highest BCUT2D eigenvalue weighted by Gasteiger charge is 2.25. The fourth-order valence-corrected chi connectivity index (χ4v) is 2.45. The lowest BCUT2D eigenvalue weighted by Gasteiger charge is -2.29. The molecule has 1 aliphatic rings. The van der Waals surface area contributed by atoms with Crippen LogP contribution in [0.2, 0.25) is 0 Å². The van der Waals surface area contributed by atoms with Crippen LogP contribution in [0.1, 0.15) is 52.4 Å².